The van der Waals surface area contributed by atoms with Crippen LogP contribution >= 0.6 is 11.6 Å². The van der Waals surface area contributed by atoms with E-state index in [1.807, 2.05) is 32.3 Å². The van der Waals surface area contributed by atoms with Crippen molar-refractivity contribution in [2.75, 3.05) is 26.0 Å². The summed E-state index contributed by atoms with van der Waals surface area (Å²) < 4.78 is 0. The summed E-state index contributed by atoms with van der Waals surface area (Å²) in [6.45, 7) is 5.05. The molecule has 4 heteroatoms. The number of aliphatic hydroxyl groups is 1. The van der Waals surface area contributed by atoms with Gasteiger partial charge in [0.05, 0.1) is 16.5 Å². The minimum absolute atomic E-state index is 0.223. The minimum atomic E-state index is 0.223. The minimum Gasteiger partial charge on any atom is -0.513 e. The molecule has 0 fully saturated rings. The van der Waals surface area contributed by atoms with Gasteiger partial charge in [0.1, 0.15) is 0 Å². The van der Waals surface area contributed by atoms with Gasteiger partial charge in [-0.2, -0.15) is 0 Å². The third-order valence-electron chi connectivity index (χ3n) is 2.54. The van der Waals surface area contributed by atoms with Crippen molar-refractivity contribution in [1.29, 1.82) is 0 Å². The molecule has 0 saturated heterocycles. The number of benzene rings is 1. The van der Waals surface area contributed by atoms with E-state index in [1.165, 1.54) is 0 Å². The average Bonchev–Trinajstić information content (AvgIpc) is 2.26. The van der Waals surface area contributed by atoms with Crippen LogP contribution in [-0.4, -0.2) is 30.6 Å². The van der Waals surface area contributed by atoms with Crippen LogP contribution in [0.1, 0.15) is 12.0 Å². The van der Waals surface area contributed by atoms with Crippen molar-refractivity contribution in [2.24, 2.45) is 0 Å². The maximum Gasteiger partial charge on any atom is 0.0863 e. The van der Waals surface area contributed by atoms with E-state index in [1.54, 1.807) is 0 Å². The SMILES string of the molecule is C=C(O)CCN(C)Cc1ccc(NC)c(Cl)c1. The first-order valence-corrected chi connectivity index (χ1v) is 5.92. The summed E-state index contributed by atoms with van der Waals surface area (Å²) in [4.78, 5) is 2.12. The Hall–Kier alpha value is -1.19. The second-order valence-corrected chi connectivity index (χ2v) is 4.53. The summed E-state index contributed by atoms with van der Waals surface area (Å²) in [5, 5.41) is 12.8. The van der Waals surface area contributed by atoms with Crippen molar-refractivity contribution in [3.05, 3.63) is 41.1 Å². The number of nitrogens with zero attached hydrogens (tertiary/aromatic N) is 1. The molecule has 1 aromatic rings. The smallest absolute Gasteiger partial charge is 0.0863 e. The van der Waals surface area contributed by atoms with Crippen molar-refractivity contribution >= 4 is 17.3 Å². The van der Waals surface area contributed by atoms with Gasteiger partial charge in [0.15, 0.2) is 0 Å². The van der Waals surface area contributed by atoms with Crippen LogP contribution in [-0.2, 0) is 6.54 Å². The predicted molar refractivity (Wildman–Crippen MR) is 73.7 cm³/mol. The van der Waals surface area contributed by atoms with E-state index in [0.717, 1.165) is 29.4 Å². The summed E-state index contributed by atoms with van der Waals surface area (Å²) in [6.07, 6.45) is 0.596. The molecule has 0 aliphatic heterocycles. The normalized spacial score (nSPS) is 10.6. The van der Waals surface area contributed by atoms with Gasteiger partial charge in [-0.1, -0.05) is 24.2 Å². The fraction of sp³-hybridized carbons (Fsp3) is 0.385. The highest BCUT2D eigenvalue weighted by molar-refractivity contribution is 6.33. The van der Waals surface area contributed by atoms with E-state index in [-0.39, 0.29) is 5.76 Å². The first kappa shape index (κ1) is 13.9. The zero-order valence-electron chi connectivity index (χ0n) is 10.3. The van der Waals surface area contributed by atoms with Gasteiger partial charge in [-0.25, -0.2) is 0 Å². The molecule has 0 saturated carbocycles. The molecule has 0 spiro atoms. The molecule has 0 aliphatic carbocycles. The summed E-state index contributed by atoms with van der Waals surface area (Å²) in [7, 11) is 3.85. The van der Waals surface area contributed by atoms with E-state index >= 15 is 0 Å². The molecule has 1 aromatic carbocycles. The van der Waals surface area contributed by atoms with Crippen LogP contribution in [0.15, 0.2) is 30.5 Å². The number of hydrogen-bond donors (Lipinski definition) is 2. The molecule has 0 radical (unpaired) electrons. The molecule has 0 unspecified atom stereocenters. The Balaban J connectivity index is 2.56. The second-order valence-electron chi connectivity index (χ2n) is 4.12. The highest BCUT2D eigenvalue weighted by atomic mass is 35.5. The lowest BCUT2D eigenvalue weighted by molar-refractivity contribution is 0.299. The second kappa shape index (κ2) is 6.52. The molecule has 0 atom stereocenters. The number of halogens is 1. The number of hydrogen-bond acceptors (Lipinski definition) is 3. The lowest BCUT2D eigenvalue weighted by Crippen LogP contribution is -2.19. The molecule has 0 heterocycles. The van der Waals surface area contributed by atoms with Crippen molar-refractivity contribution in [3.63, 3.8) is 0 Å². The Labute approximate surface area is 108 Å². The van der Waals surface area contributed by atoms with Gasteiger partial charge in [-0.3, -0.25) is 0 Å². The lowest BCUT2D eigenvalue weighted by Gasteiger charge is -2.17. The molecule has 17 heavy (non-hydrogen) atoms. The maximum absolute atomic E-state index is 9.03. The van der Waals surface area contributed by atoms with Gasteiger partial charge in [0.25, 0.3) is 0 Å². The maximum atomic E-state index is 9.03. The van der Waals surface area contributed by atoms with Gasteiger partial charge in [0.2, 0.25) is 0 Å². The molecular weight excluding hydrogens is 236 g/mol. The van der Waals surface area contributed by atoms with Crippen molar-refractivity contribution in [1.82, 2.24) is 4.90 Å². The van der Waals surface area contributed by atoms with Crippen molar-refractivity contribution in [3.8, 4) is 0 Å². The summed E-state index contributed by atoms with van der Waals surface area (Å²) in [5.41, 5.74) is 2.09. The van der Waals surface area contributed by atoms with Crippen LogP contribution in [0.2, 0.25) is 5.02 Å². The molecule has 2 N–H and O–H groups in total. The van der Waals surface area contributed by atoms with Crippen LogP contribution in [0.4, 0.5) is 5.69 Å². The number of aliphatic hydroxyl groups excluding tert-OH is 1. The monoisotopic (exact) mass is 254 g/mol. The van der Waals surface area contributed by atoms with Gasteiger partial charge >= 0.3 is 0 Å². The third kappa shape index (κ3) is 4.67. The molecule has 0 aliphatic rings. The summed E-state index contributed by atoms with van der Waals surface area (Å²) in [5.74, 6) is 0.223. The van der Waals surface area contributed by atoms with E-state index in [9.17, 15) is 0 Å². The van der Waals surface area contributed by atoms with Gasteiger partial charge in [0, 0.05) is 26.6 Å². The molecule has 94 valence electrons. The highest BCUT2D eigenvalue weighted by Gasteiger charge is 2.04. The molecule has 0 aromatic heterocycles. The molecule has 0 amide bonds. The van der Waals surface area contributed by atoms with Crippen LogP contribution in [0.25, 0.3) is 0 Å². The van der Waals surface area contributed by atoms with Crippen molar-refractivity contribution in [2.45, 2.75) is 13.0 Å². The fourth-order valence-electron chi connectivity index (χ4n) is 1.57. The number of rotatable bonds is 6. The standard InChI is InChI=1S/C13H19ClN2O/c1-10(17)6-7-16(3)9-11-4-5-13(15-2)12(14)8-11/h4-5,8,15,17H,1,6-7,9H2,2-3H3. The average molecular weight is 255 g/mol. The predicted octanol–water partition coefficient (Wildman–Crippen LogP) is 3.28. The van der Waals surface area contributed by atoms with Gasteiger partial charge < -0.3 is 15.3 Å². The molecular formula is C13H19ClN2O. The third-order valence-corrected chi connectivity index (χ3v) is 2.85. The van der Waals surface area contributed by atoms with E-state index in [0.29, 0.717) is 6.42 Å². The first-order chi connectivity index (χ1) is 8.02. The number of nitrogens with one attached hydrogen (secondary N) is 1. The number of anilines is 1. The first-order valence-electron chi connectivity index (χ1n) is 5.54. The van der Waals surface area contributed by atoms with Crippen LogP contribution in [0, 0.1) is 0 Å². The summed E-state index contributed by atoms with van der Waals surface area (Å²) >= 11 is 6.11. The van der Waals surface area contributed by atoms with Crippen LogP contribution < -0.4 is 5.32 Å². The quantitative estimate of drug-likeness (QED) is 0.765. The lowest BCUT2D eigenvalue weighted by atomic mass is 10.2. The molecule has 0 bridgehead atoms. The molecule has 3 nitrogen and oxygen atoms in total. The van der Waals surface area contributed by atoms with Crippen molar-refractivity contribution < 1.29 is 5.11 Å². The van der Waals surface area contributed by atoms with Crippen LogP contribution in [0.5, 0.6) is 0 Å². The van der Waals surface area contributed by atoms with Gasteiger partial charge in [-0.05, 0) is 24.7 Å². The Morgan fingerprint density at radius 2 is 2.24 bits per heavy atom. The summed E-state index contributed by atoms with van der Waals surface area (Å²) in [6, 6.07) is 5.97. The van der Waals surface area contributed by atoms with E-state index < -0.39 is 0 Å². The topological polar surface area (TPSA) is 35.5 Å². The van der Waals surface area contributed by atoms with Gasteiger partial charge in [-0.15, -0.1) is 0 Å². The Kier molecular flexibility index (Phi) is 5.32. The largest absolute Gasteiger partial charge is 0.513 e. The van der Waals surface area contributed by atoms with E-state index in [2.05, 4.69) is 16.8 Å². The zero-order chi connectivity index (χ0) is 12.8. The Bertz CT molecular complexity index is 393. The zero-order valence-corrected chi connectivity index (χ0v) is 11.1. The van der Waals surface area contributed by atoms with Crippen LogP contribution in [0.3, 0.4) is 0 Å². The Morgan fingerprint density at radius 1 is 1.53 bits per heavy atom. The van der Waals surface area contributed by atoms with E-state index in [4.69, 9.17) is 16.7 Å². The highest BCUT2D eigenvalue weighted by Crippen LogP contribution is 2.22. The Morgan fingerprint density at radius 3 is 2.76 bits per heavy atom. The molecule has 1 rings (SSSR count). The fourth-order valence-corrected chi connectivity index (χ4v) is 1.87.